The summed E-state index contributed by atoms with van der Waals surface area (Å²) in [7, 11) is 0. The van der Waals surface area contributed by atoms with Crippen molar-refractivity contribution >= 4 is 29.5 Å². The Labute approximate surface area is 210 Å². The highest BCUT2D eigenvalue weighted by Gasteiger charge is 2.44. The zero-order valence-electron chi connectivity index (χ0n) is 20.9. The van der Waals surface area contributed by atoms with Crippen LogP contribution in [0.2, 0.25) is 0 Å². The van der Waals surface area contributed by atoms with Crippen LogP contribution in [-0.4, -0.2) is 54.8 Å². The van der Waals surface area contributed by atoms with Gasteiger partial charge in [-0.15, -0.1) is 0 Å². The quantitative estimate of drug-likeness (QED) is 0.405. The second-order valence-corrected chi connectivity index (χ2v) is 9.34. The van der Waals surface area contributed by atoms with Gasteiger partial charge in [-0.25, -0.2) is 4.79 Å². The molecule has 0 saturated carbocycles. The van der Waals surface area contributed by atoms with Crippen molar-refractivity contribution in [2.24, 2.45) is 0 Å². The zero-order chi connectivity index (χ0) is 26.3. The maximum absolute atomic E-state index is 13.3. The van der Waals surface area contributed by atoms with Gasteiger partial charge in [-0.2, -0.15) is 0 Å². The second kappa shape index (κ2) is 11.8. The molecule has 0 aromatic heterocycles. The third-order valence-electron chi connectivity index (χ3n) is 5.14. The van der Waals surface area contributed by atoms with Crippen LogP contribution in [0.3, 0.4) is 0 Å². The average Bonchev–Trinajstić information content (AvgIpc) is 2.81. The van der Waals surface area contributed by atoms with Crippen LogP contribution in [0.4, 0.5) is 5.69 Å². The Morgan fingerprint density at radius 1 is 1.06 bits per heavy atom. The van der Waals surface area contributed by atoms with Gasteiger partial charge in [0.1, 0.15) is 12.2 Å². The molecule has 0 unspecified atom stereocenters. The van der Waals surface area contributed by atoms with E-state index in [-0.39, 0.29) is 26.2 Å². The molecule has 1 aliphatic heterocycles. The van der Waals surface area contributed by atoms with E-state index in [1.54, 1.807) is 45.0 Å². The van der Waals surface area contributed by atoms with Gasteiger partial charge >= 0.3 is 17.9 Å². The third kappa shape index (κ3) is 7.64. The minimum Gasteiger partial charge on any atom is -0.461 e. The lowest BCUT2D eigenvalue weighted by molar-refractivity contribution is -0.188. The predicted molar refractivity (Wildman–Crippen MR) is 130 cm³/mol. The van der Waals surface area contributed by atoms with Crippen molar-refractivity contribution in [2.75, 3.05) is 18.1 Å². The number of hydrogen-bond donors (Lipinski definition) is 0. The molecule has 0 aliphatic carbocycles. The minimum absolute atomic E-state index is 0.0244. The molecule has 0 radical (unpaired) electrons. The number of nitrogens with zero attached hydrogens (tertiary/aromatic N) is 1. The SMILES string of the molecule is CC(=O)O[C@@H](C(=O)OC(C)(C)C)[C@H]1OCCN(c2cccc(CC(=O)OCc3ccccc3)c2)C1=O. The predicted octanol–water partition coefficient (Wildman–Crippen LogP) is 2.98. The summed E-state index contributed by atoms with van der Waals surface area (Å²) in [6.07, 6.45) is -2.89. The van der Waals surface area contributed by atoms with Crippen LogP contribution < -0.4 is 4.90 Å². The molecule has 3 rings (SSSR count). The van der Waals surface area contributed by atoms with Crippen LogP contribution in [-0.2, 0) is 51.2 Å². The number of ether oxygens (including phenoxy) is 4. The van der Waals surface area contributed by atoms with E-state index in [1.165, 1.54) is 4.90 Å². The number of benzene rings is 2. The van der Waals surface area contributed by atoms with Crippen LogP contribution in [0.1, 0.15) is 38.8 Å². The van der Waals surface area contributed by atoms with Crippen LogP contribution in [0.25, 0.3) is 0 Å². The molecule has 1 saturated heterocycles. The molecular formula is C27H31NO8. The van der Waals surface area contributed by atoms with Gasteiger partial charge in [0.15, 0.2) is 6.10 Å². The van der Waals surface area contributed by atoms with E-state index in [9.17, 15) is 19.2 Å². The Balaban J connectivity index is 1.71. The standard InChI is InChI=1S/C27H31NO8/c1-18(29)35-24(26(32)36-27(2,3)4)23-25(31)28(13-14-33-23)21-12-8-11-20(15-21)16-22(30)34-17-19-9-6-5-7-10-19/h5-12,15,23-24H,13-14,16-17H2,1-4H3/t23-,24-/m1/s1. The molecule has 0 bridgehead atoms. The zero-order valence-corrected chi connectivity index (χ0v) is 20.9. The van der Waals surface area contributed by atoms with Crippen molar-refractivity contribution in [2.45, 2.75) is 58.5 Å². The van der Waals surface area contributed by atoms with Crippen molar-refractivity contribution in [3.05, 3.63) is 65.7 Å². The number of carbonyl (C=O) groups excluding carboxylic acids is 4. The van der Waals surface area contributed by atoms with Crippen LogP contribution in [0, 0.1) is 0 Å². The summed E-state index contributed by atoms with van der Waals surface area (Å²) < 4.78 is 21.4. The summed E-state index contributed by atoms with van der Waals surface area (Å²) in [6.45, 7) is 6.65. The molecule has 1 fully saturated rings. The van der Waals surface area contributed by atoms with E-state index in [0.717, 1.165) is 12.5 Å². The molecule has 2 atom stereocenters. The summed E-state index contributed by atoms with van der Waals surface area (Å²) in [5.41, 5.74) is 1.21. The fourth-order valence-electron chi connectivity index (χ4n) is 3.64. The molecule has 1 amide bonds. The molecule has 9 heteroatoms. The summed E-state index contributed by atoms with van der Waals surface area (Å²) in [5, 5.41) is 0. The van der Waals surface area contributed by atoms with Crippen molar-refractivity contribution in [3.63, 3.8) is 0 Å². The second-order valence-electron chi connectivity index (χ2n) is 9.34. The molecule has 1 heterocycles. The Morgan fingerprint density at radius 2 is 1.75 bits per heavy atom. The topological polar surface area (TPSA) is 108 Å². The molecular weight excluding hydrogens is 466 g/mol. The first kappa shape index (κ1) is 26.9. The first-order valence-corrected chi connectivity index (χ1v) is 11.6. The minimum atomic E-state index is -1.55. The largest absolute Gasteiger partial charge is 0.461 e. The van der Waals surface area contributed by atoms with E-state index in [1.807, 2.05) is 30.3 Å². The Bertz CT molecular complexity index is 1090. The number of esters is 3. The van der Waals surface area contributed by atoms with Crippen LogP contribution in [0.15, 0.2) is 54.6 Å². The summed E-state index contributed by atoms with van der Waals surface area (Å²) in [4.78, 5) is 51.5. The number of hydrogen-bond acceptors (Lipinski definition) is 8. The molecule has 2 aromatic carbocycles. The number of morpholine rings is 1. The molecule has 36 heavy (non-hydrogen) atoms. The lowest BCUT2D eigenvalue weighted by Crippen LogP contribution is -2.56. The third-order valence-corrected chi connectivity index (χ3v) is 5.14. The summed E-state index contributed by atoms with van der Waals surface area (Å²) in [6, 6.07) is 16.3. The lowest BCUT2D eigenvalue weighted by Gasteiger charge is -2.35. The fraction of sp³-hybridized carbons (Fsp3) is 0.407. The average molecular weight is 498 g/mol. The van der Waals surface area contributed by atoms with Gasteiger partial charge in [0.05, 0.1) is 13.0 Å². The van der Waals surface area contributed by atoms with E-state index in [2.05, 4.69) is 0 Å². The molecule has 1 aliphatic rings. The van der Waals surface area contributed by atoms with E-state index in [0.29, 0.717) is 11.3 Å². The molecule has 9 nitrogen and oxygen atoms in total. The van der Waals surface area contributed by atoms with Crippen molar-refractivity contribution in [3.8, 4) is 0 Å². The van der Waals surface area contributed by atoms with Gasteiger partial charge < -0.3 is 23.8 Å². The number of carbonyl (C=O) groups is 4. The maximum atomic E-state index is 13.3. The smallest absolute Gasteiger partial charge is 0.351 e. The first-order chi connectivity index (χ1) is 17.0. The van der Waals surface area contributed by atoms with E-state index >= 15 is 0 Å². The number of rotatable bonds is 8. The highest BCUT2D eigenvalue weighted by atomic mass is 16.6. The van der Waals surface area contributed by atoms with E-state index < -0.39 is 41.6 Å². The highest BCUT2D eigenvalue weighted by Crippen LogP contribution is 2.24. The van der Waals surface area contributed by atoms with Gasteiger partial charge in [0.25, 0.3) is 5.91 Å². The van der Waals surface area contributed by atoms with E-state index in [4.69, 9.17) is 18.9 Å². The Hall–Kier alpha value is -3.72. The monoisotopic (exact) mass is 497 g/mol. The van der Waals surface area contributed by atoms with Gasteiger partial charge in [-0.3, -0.25) is 14.4 Å². The number of amides is 1. The van der Waals surface area contributed by atoms with Crippen molar-refractivity contribution < 1.29 is 38.1 Å². The summed E-state index contributed by atoms with van der Waals surface area (Å²) in [5.74, 6) is -2.56. The summed E-state index contributed by atoms with van der Waals surface area (Å²) >= 11 is 0. The lowest BCUT2D eigenvalue weighted by atomic mass is 10.1. The van der Waals surface area contributed by atoms with Crippen molar-refractivity contribution in [1.29, 1.82) is 0 Å². The van der Waals surface area contributed by atoms with Gasteiger partial charge in [-0.1, -0.05) is 42.5 Å². The molecule has 2 aromatic rings. The Morgan fingerprint density at radius 3 is 2.42 bits per heavy atom. The van der Waals surface area contributed by atoms with Crippen LogP contribution in [0.5, 0.6) is 0 Å². The normalized spacial score (nSPS) is 16.7. The fourth-order valence-corrected chi connectivity index (χ4v) is 3.64. The van der Waals surface area contributed by atoms with Crippen LogP contribution >= 0.6 is 0 Å². The molecule has 0 N–H and O–H groups in total. The molecule has 192 valence electrons. The van der Waals surface area contributed by atoms with Gasteiger partial charge in [0.2, 0.25) is 6.10 Å². The van der Waals surface area contributed by atoms with Gasteiger partial charge in [0, 0.05) is 19.2 Å². The van der Waals surface area contributed by atoms with Gasteiger partial charge in [-0.05, 0) is 44.0 Å². The van der Waals surface area contributed by atoms with Crippen molar-refractivity contribution in [1.82, 2.24) is 0 Å². The highest BCUT2D eigenvalue weighted by molar-refractivity contribution is 6.01. The molecule has 0 spiro atoms. The number of anilines is 1. The Kier molecular flexibility index (Phi) is 8.82. The maximum Gasteiger partial charge on any atom is 0.351 e. The first-order valence-electron chi connectivity index (χ1n) is 11.6.